The third-order valence-corrected chi connectivity index (χ3v) is 2.46. The van der Waals surface area contributed by atoms with Crippen LogP contribution in [0.15, 0.2) is 23.5 Å². The number of ether oxygens (including phenoxy) is 2. The SMILES string of the molecule is CC1OC=C2C(=O)OCC=C2C1C=O. The average molecular weight is 194 g/mol. The van der Waals surface area contributed by atoms with E-state index in [2.05, 4.69) is 0 Å². The maximum absolute atomic E-state index is 11.3. The molecule has 0 spiro atoms. The minimum Gasteiger partial charge on any atom is -0.496 e. The van der Waals surface area contributed by atoms with Crippen molar-refractivity contribution in [3.05, 3.63) is 23.5 Å². The number of hydrogen-bond donors (Lipinski definition) is 0. The van der Waals surface area contributed by atoms with Gasteiger partial charge in [0.2, 0.25) is 0 Å². The standard InChI is InChI=1S/C10H10O4/c1-6-8(4-11)7-2-3-13-10(12)9(7)5-14-6/h2,4-6,8H,3H2,1H3. The van der Waals surface area contributed by atoms with Gasteiger partial charge in [0.25, 0.3) is 0 Å². The summed E-state index contributed by atoms with van der Waals surface area (Å²) in [6, 6.07) is 0. The fourth-order valence-corrected chi connectivity index (χ4v) is 1.64. The maximum Gasteiger partial charge on any atom is 0.341 e. The van der Waals surface area contributed by atoms with Gasteiger partial charge >= 0.3 is 5.97 Å². The van der Waals surface area contributed by atoms with Crippen LogP contribution in [0.2, 0.25) is 0 Å². The van der Waals surface area contributed by atoms with Gasteiger partial charge in [0.05, 0.1) is 17.8 Å². The summed E-state index contributed by atoms with van der Waals surface area (Å²) in [7, 11) is 0. The molecule has 0 radical (unpaired) electrons. The summed E-state index contributed by atoms with van der Waals surface area (Å²) in [5, 5.41) is 0. The lowest BCUT2D eigenvalue weighted by atomic mass is 9.87. The highest BCUT2D eigenvalue weighted by molar-refractivity contribution is 5.96. The van der Waals surface area contributed by atoms with Crippen LogP contribution >= 0.6 is 0 Å². The van der Waals surface area contributed by atoms with Gasteiger partial charge in [-0.05, 0) is 18.6 Å². The van der Waals surface area contributed by atoms with E-state index < -0.39 is 5.97 Å². The number of esters is 1. The third-order valence-electron chi connectivity index (χ3n) is 2.46. The predicted molar refractivity (Wildman–Crippen MR) is 47.2 cm³/mol. The number of hydrogen-bond acceptors (Lipinski definition) is 4. The topological polar surface area (TPSA) is 52.6 Å². The van der Waals surface area contributed by atoms with Crippen molar-refractivity contribution in [1.29, 1.82) is 0 Å². The number of carbonyl (C=O) groups excluding carboxylic acids is 2. The molecular weight excluding hydrogens is 184 g/mol. The zero-order chi connectivity index (χ0) is 10.1. The second-order valence-corrected chi connectivity index (χ2v) is 3.29. The van der Waals surface area contributed by atoms with Crippen LogP contribution in [-0.4, -0.2) is 25.0 Å². The fraction of sp³-hybridized carbons (Fsp3) is 0.400. The van der Waals surface area contributed by atoms with Crippen LogP contribution in [0.1, 0.15) is 6.92 Å². The molecule has 2 atom stereocenters. The molecule has 14 heavy (non-hydrogen) atoms. The van der Waals surface area contributed by atoms with Gasteiger partial charge < -0.3 is 14.3 Å². The molecule has 0 aliphatic carbocycles. The molecular formula is C10H10O4. The summed E-state index contributed by atoms with van der Waals surface area (Å²) in [4.78, 5) is 22.1. The van der Waals surface area contributed by atoms with E-state index in [1.54, 1.807) is 13.0 Å². The quantitative estimate of drug-likeness (QED) is 0.452. The highest BCUT2D eigenvalue weighted by Gasteiger charge is 2.34. The van der Waals surface area contributed by atoms with Gasteiger partial charge in [0.1, 0.15) is 19.0 Å². The highest BCUT2D eigenvalue weighted by atomic mass is 16.5. The normalized spacial score (nSPS) is 30.5. The molecule has 0 fully saturated rings. The van der Waals surface area contributed by atoms with E-state index in [1.165, 1.54) is 6.26 Å². The molecule has 2 rings (SSSR count). The van der Waals surface area contributed by atoms with E-state index in [-0.39, 0.29) is 18.6 Å². The Balaban J connectivity index is 2.41. The van der Waals surface area contributed by atoms with E-state index >= 15 is 0 Å². The van der Waals surface area contributed by atoms with Crippen molar-refractivity contribution in [3.63, 3.8) is 0 Å². The third kappa shape index (κ3) is 1.23. The van der Waals surface area contributed by atoms with E-state index in [4.69, 9.17) is 9.47 Å². The van der Waals surface area contributed by atoms with Gasteiger partial charge in [-0.25, -0.2) is 4.79 Å². The van der Waals surface area contributed by atoms with Crippen LogP contribution in [0.25, 0.3) is 0 Å². The Morgan fingerprint density at radius 3 is 3.07 bits per heavy atom. The maximum atomic E-state index is 11.3. The first kappa shape index (κ1) is 8.99. The molecule has 2 unspecified atom stereocenters. The molecule has 0 N–H and O–H groups in total. The number of aldehydes is 1. The lowest BCUT2D eigenvalue weighted by molar-refractivity contribution is -0.138. The van der Waals surface area contributed by atoms with Gasteiger partial charge in [0, 0.05) is 0 Å². The molecule has 74 valence electrons. The van der Waals surface area contributed by atoms with Gasteiger partial charge in [-0.3, -0.25) is 0 Å². The van der Waals surface area contributed by atoms with Crippen LogP contribution in [0.4, 0.5) is 0 Å². The minimum atomic E-state index is -0.416. The summed E-state index contributed by atoms with van der Waals surface area (Å²) in [5.41, 5.74) is 1.10. The van der Waals surface area contributed by atoms with Crippen LogP contribution in [0.3, 0.4) is 0 Å². The molecule has 2 heterocycles. The first-order valence-corrected chi connectivity index (χ1v) is 4.42. The van der Waals surface area contributed by atoms with Crippen molar-refractivity contribution >= 4 is 12.3 Å². The van der Waals surface area contributed by atoms with Crippen molar-refractivity contribution in [2.75, 3.05) is 6.61 Å². The molecule has 2 aliphatic rings. The van der Waals surface area contributed by atoms with Crippen molar-refractivity contribution in [3.8, 4) is 0 Å². The summed E-state index contributed by atoms with van der Waals surface area (Å²) in [6.45, 7) is 2.04. The summed E-state index contributed by atoms with van der Waals surface area (Å²) >= 11 is 0. The first-order valence-electron chi connectivity index (χ1n) is 4.42. The van der Waals surface area contributed by atoms with E-state index in [1.807, 2.05) is 0 Å². The molecule has 0 amide bonds. The van der Waals surface area contributed by atoms with Crippen LogP contribution < -0.4 is 0 Å². The largest absolute Gasteiger partial charge is 0.496 e. The molecule has 0 bridgehead atoms. The van der Waals surface area contributed by atoms with E-state index in [0.29, 0.717) is 5.57 Å². The predicted octanol–water partition coefficient (Wildman–Crippen LogP) is 0.587. The Morgan fingerprint density at radius 2 is 2.36 bits per heavy atom. The zero-order valence-electron chi connectivity index (χ0n) is 7.73. The number of carbonyl (C=O) groups is 2. The molecule has 0 aromatic rings. The monoisotopic (exact) mass is 194 g/mol. The van der Waals surface area contributed by atoms with Crippen molar-refractivity contribution in [1.82, 2.24) is 0 Å². The summed E-state index contributed by atoms with van der Waals surface area (Å²) in [6.07, 6.45) is 3.72. The van der Waals surface area contributed by atoms with Crippen molar-refractivity contribution in [2.45, 2.75) is 13.0 Å². The minimum absolute atomic E-state index is 0.214. The molecule has 0 saturated carbocycles. The van der Waals surface area contributed by atoms with Gasteiger partial charge in [-0.1, -0.05) is 0 Å². The Labute approximate surface area is 81.2 Å². The number of cyclic esters (lactones) is 1. The van der Waals surface area contributed by atoms with Gasteiger partial charge in [0.15, 0.2) is 0 Å². The first-order chi connectivity index (χ1) is 6.74. The zero-order valence-corrected chi connectivity index (χ0v) is 7.73. The van der Waals surface area contributed by atoms with Gasteiger partial charge in [-0.2, -0.15) is 0 Å². The highest BCUT2D eigenvalue weighted by Crippen LogP contribution is 2.31. The molecule has 0 aromatic heterocycles. The second kappa shape index (κ2) is 3.29. The lowest BCUT2D eigenvalue weighted by Crippen LogP contribution is -2.32. The van der Waals surface area contributed by atoms with E-state index in [0.717, 1.165) is 11.9 Å². The van der Waals surface area contributed by atoms with E-state index in [9.17, 15) is 9.59 Å². The second-order valence-electron chi connectivity index (χ2n) is 3.29. The molecule has 4 heteroatoms. The Morgan fingerprint density at radius 1 is 1.57 bits per heavy atom. The summed E-state index contributed by atoms with van der Waals surface area (Å²) in [5.74, 6) is -0.774. The van der Waals surface area contributed by atoms with Crippen LogP contribution in [-0.2, 0) is 19.1 Å². The molecule has 0 aromatic carbocycles. The Kier molecular flexibility index (Phi) is 2.11. The van der Waals surface area contributed by atoms with Gasteiger partial charge in [-0.15, -0.1) is 0 Å². The fourth-order valence-electron chi connectivity index (χ4n) is 1.64. The summed E-state index contributed by atoms with van der Waals surface area (Å²) < 4.78 is 9.98. The number of fused-ring (bicyclic) bond motifs is 1. The van der Waals surface area contributed by atoms with Crippen molar-refractivity contribution in [2.24, 2.45) is 5.92 Å². The van der Waals surface area contributed by atoms with Crippen molar-refractivity contribution < 1.29 is 19.1 Å². The smallest absolute Gasteiger partial charge is 0.341 e. The molecule has 0 saturated heterocycles. The average Bonchev–Trinajstić information content (AvgIpc) is 2.18. The lowest BCUT2D eigenvalue weighted by Gasteiger charge is -2.29. The molecule has 4 nitrogen and oxygen atoms in total. The van der Waals surface area contributed by atoms with Crippen LogP contribution in [0.5, 0.6) is 0 Å². The number of rotatable bonds is 1. The Hall–Kier alpha value is -1.58. The van der Waals surface area contributed by atoms with Crippen LogP contribution in [0, 0.1) is 5.92 Å². The Bertz CT molecular complexity index is 340. The molecule has 2 aliphatic heterocycles.